The molecule has 1 aromatic carbocycles. The minimum atomic E-state index is -0.473. The van der Waals surface area contributed by atoms with E-state index in [-0.39, 0.29) is 18.1 Å². The number of furan rings is 1. The van der Waals surface area contributed by atoms with Gasteiger partial charge in [0.25, 0.3) is 0 Å². The average molecular weight is 410 g/mol. The summed E-state index contributed by atoms with van der Waals surface area (Å²) >= 11 is 7.38. The number of halogens is 1. The minimum Gasteiger partial charge on any atom is -0.454 e. The van der Waals surface area contributed by atoms with Crippen LogP contribution in [0.5, 0.6) is 0 Å². The molecule has 0 aliphatic carbocycles. The molecular weight excluding hydrogens is 386 g/mol. The lowest BCUT2D eigenvalue weighted by atomic mass is 10.4. The Morgan fingerprint density at radius 3 is 2.44 bits per heavy atom. The molecule has 2 amide bonds. The van der Waals surface area contributed by atoms with Crippen molar-refractivity contribution in [3.63, 3.8) is 0 Å². The van der Waals surface area contributed by atoms with Gasteiger partial charge in [0.1, 0.15) is 5.76 Å². The number of rotatable bonds is 9. The summed E-state index contributed by atoms with van der Waals surface area (Å²) in [6, 6.07) is 10.8. The van der Waals surface area contributed by atoms with Gasteiger partial charge in [0.05, 0.1) is 6.54 Å². The van der Waals surface area contributed by atoms with Crippen LogP contribution in [0.3, 0.4) is 0 Å². The van der Waals surface area contributed by atoms with Crippen molar-refractivity contribution < 1.29 is 14.0 Å². The Morgan fingerprint density at radius 2 is 1.78 bits per heavy atom. The van der Waals surface area contributed by atoms with E-state index in [0.717, 1.165) is 23.7 Å². The molecule has 1 heterocycles. The second-order valence-electron chi connectivity index (χ2n) is 5.78. The van der Waals surface area contributed by atoms with Crippen LogP contribution in [0.2, 0.25) is 5.02 Å². The molecule has 0 atom stereocenters. The van der Waals surface area contributed by atoms with Crippen molar-refractivity contribution in [2.75, 3.05) is 18.8 Å². The van der Waals surface area contributed by atoms with E-state index in [9.17, 15) is 9.59 Å². The first-order valence-corrected chi connectivity index (χ1v) is 10.2. The fraction of sp³-hybridized carbons (Fsp3) is 0.368. The van der Waals surface area contributed by atoms with Crippen LogP contribution in [0.4, 0.5) is 0 Å². The molecule has 1 aromatic heterocycles. The van der Waals surface area contributed by atoms with Crippen LogP contribution < -0.4 is 10.9 Å². The minimum absolute atomic E-state index is 0.174. The van der Waals surface area contributed by atoms with Gasteiger partial charge in [-0.1, -0.05) is 25.4 Å². The highest BCUT2D eigenvalue weighted by molar-refractivity contribution is 7.99. The molecule has 0 spiro atoms. The van der Waals surface area contributed by atoms with E-state index in [1.807, 2.05) is 24.3 Å². The van der Waals surface area contributed by atoms with E-state index in [4.69, 9.17) is 16.0 Å². The molecule has 2 N–H and O–H groups in total. The monoisotopic (exact) mass is 409 g/mol. The van der Waals surface area contributed by atoms with E-state index in [0.29, 0.717) is 17.3 Å². The van der Waals surface area contributed by atoms with Gasteiger partial charge >= 0.3 is 5.91 Å². The number of hydrogen-bond acceptors (Lipinski definition) is 5. The standard InChI is InChI=1S/C19H24ClN3O3S/c1-3-23(4-2)13-15-7-10-17(26-15)19(25)22-21-18(24)11-12-27-16-8-5-14(20)6-9-16/h5-10H,3-4,11-13H2,1-2H3,(H,21,24)(H,22,25). The molecule has 2 aromatic rings. The van der Waals surface area contributed by atoms with Crippen molar-refractivity contribution >= 4 is 35.2 Å². The number of hydrogen-bond donors (Lipinski definition) is 2. The lowest BCUT2D eigenvalue weighted by Gasteiger charge is -2.15. The summed E-state index contributed by atoms with van der Waals surface area (Å²) in [6.45, 7) is 6.60. The fourth-order valence-corrected chi connectivity index (χ4v) is 3.27. The number of hydrazine groups is 1. The quantitative estimate of drug-likeness (QED) is 0.487. The summed E-state index contributed by atoms with van der Waals surface area (Å²) in [4.78, 5) is 27.1. The van der Waals surface area contributed by atoms with Gasteiger partial charge in [0, 0.05) is 22.1 Å². The largest absolute Gasteiger partial charge is 0.454 e. The fourth-order valence-electron chi connectivity index (χ4n) is 2.30. The van der Waals surface area contributed by atoms with E-state index < -0.39 is 5.91 Å². The molecule has 0 saturated carbocycles. The summed E-state index contributed by atoms with van der Waals surface area (Å²) in [5.41, 5.74) is 4.78. The number of amides is 2. The number of carbonyl (C=O) groups is 2. The Balaban J connectivity index is 1.70. The summed E-state index contributed by atoms with van der Waals surface area (Å²) in [7, 11) is 0. The molecule has 0 fully saturated rings. The van der Waals surface area contributed by atoms with E-state index in [1.165, 1.54) is 0 Å². The SMILES string of the molecule is CCN(CC)Cc1ccc(C(=O)NNC(=O)CCSc2ccc(Cl)cc2)o1. The maximum atomic E-state index is 12.1. The number of nitrogens with one attached hydrogen (secondary N) is 2. The first-order valence-electron chi connectivity index (χ1n) is 8.80. The summed E-state index contributed by atoms with van der Waals surface area (Å²) in [5, 5.41) is 0.679. The topological polar surface area (TPSA) is 74.6 Å². The van der Waals surface area contributed by atoms with Gasteiger partial charge in [0.15, 0.2) is 5.76 Å². The van der Waals surface area contributed by atoms with Crippen LogP contribution in [-0.4, -0.2) is 35.6 Å². The maximum absolute atomic E-state index is 12.1. The van der Waals surface area contributed by atoms with Crippen molar-refractivity contribution in [1.29, 1.82) is 0 Å². The maximum Gasteiger partial charge on any atom is 0.305 e. The van der Waals surface area contributed by atoms with Gasteiger partial charge in [-0.2, -0.15) is 0 Å². The normalized spacial score (nSPS) is 10.8. The molecule has 8 heteroatoms. The van der Waals surface area contributed by atoms with Crippen molar-refractivity contribution in [2.45, 2.75) is 31.7 Å². The summed E-state index contributed by atoms with van der Waals surface area (Å²) < 4.78 is 5.54. The third-order valence-electron chi connectivity index (χ3n) is 3.89. The van der Waals surface area contributed by atoms with Crippen LogP contribution in [-0.2, 0) is 11.3 Å². The Kier molecular flexibility index (Phi) is 8.71. The van der Waals surface area contributed by atoms with Gasteiger partial charge in [-0.15, -0.1) is 11.8 Å². The van der Waals surface area contributed by atoms with Gasteiger partial charge in [-0.3, -0.25) is 25.3 Å². The Morgan fingerprint density at radius 1 is 1.07 bits per heavy atom. The molecular formula is C19H24ClN3O3S. The third kappa shape index (κ3) is 7.28. The molecule has 0 bridgehead atoms. The lowest BCUT2D eigenvalue weighted by molar-refractivity contribution is -0.121. The number of benzene rings is 1. The zero-order chi connectivity index (χ0) is 19.6. The third-order valence-corrected chi connectivity index (χ3v) is 5.15. The van der Waals surface area contributed by atoms with Crippen LogP contribution in [0.1, 0.15) is 36.6 Å². The van der Waals surface area contributed by atoms with Crippen LogP contribution in [0.25, 0.3) is 0 Å². The van der Waals surface area contributed by atoms with Crippen LogP contribution >= 0.6 is 23.4 Å². The van der Waals surface area contributed by atoms with Crippen molar-refractivity contribution in [2.24, 2.45) is 0 Å². The molecule has 2 rings (SSSR count). The molecule has 146 valence electrons. The number of thioether (sulfide) groups is 1. The Hall–Kier alpha value is -1.96. The Labute approximate surface area is 168 Å². The average Bonchev–Trinajstić information content (AvgIpc) is 3.14. The van der Waals surface area contributed by atoms with E-state index in [2.05, 4.69) is 29.6 Å². The zero-order valence-electron chi connectivity index (χ0n) is 15.5. The first-order chi connectivity index (χ1) is 13.0. The van der Waals surface area contributed by atoms with Gasteiger partial charge < -0.3 is 4.42 Å². The predicted molar refractivity (Wildman–Crippen MR) is 108 cm³/mol. The van der Waals surface area contributed by atoms with E-state index in [1.54, 1.807) is 23.9 Å². The summed E-state index contributed by atoms with van der Waals surface area (Å²) in [6.07, 6.45) is 0.277. The van der Waals surface area contributed by atoms with Crippen LogP contribution in [0, 0.1) is 0 Å². The van der Waals surface area contributed by atoms with Gasteiger partial charge in [-0.25, -0.2) is 0 Å². The molecule has 0 aliphatic heterocycles. The molecule has 0 aliphatic rings. The first kappa shape index (κ1) is 21.3. The van der Waals surface area contributed by atoms with Crippen LogP contribution in [0.15, 0.2) is 45.7 Å². The molecule has 0 unspecified atom stereocenters. The van der Waals surface area contributed by atoms with Crippen molar-refractivity contribution in [3.8, 4) is 0 Å². The van der Waals surface area contributed by atoms with Crippen molar-refractivity contribution in [1.82, 2.24) is 15.8 Å². The van der Waals surface area contributed by atoms with Crippen molar-refractivity contribution in [3.05, 3.63) is 52.9 Å². The zero-order valence-corrected chi connectivity index (χ0v) is 17.0. The molecule has 27 heavy (non-hydrogen) atoms. The highest BCUT2D eigenvalue weighted by atomic mass is 35.5. The highest BCUT2D eigenvalue weighted by Crippen LogP contribution is 2.20. The number of nitrogens with zero attached hydrogens (tertiary/aromatic N) is 1. The second-order valence-corrected chi connectivity index (χ2v) is 7.39. The smallest absolute Gasteiger partial charge is 0.305 e. The highest BCUT2D eigenvalue weighted by Gasteiger charge is 2.13. The lowest BCUT2D eigenvalue weighted by Crippen LogP contribution is -2.41. The summed E-state index contributed by atoms with van der Waals surface area (Å²) in [5.74, 6) is 0.750. The second kappa shape index (κ2) is 11.0. The number of carbonyl (C=O) groups excluding carboxylic acids is 2. The Bertz CT molecular complexity index is 745. The van der Waals surface area contributed by atoms with E-state index >= 15 is 0 Å². The predicted octanol–water partition coefficient (Wildman–Crippen LogP) is 3.72. The molecule has 0 radical (unpaired) electrons. The molecule has 6 nitrogen and oxygen atoms in total. The van der Waals surface area contributed by atoms with Gasteiger partial charge in [0.2, 0.25) is 5.91 Å². The van der Waals surface area contributed by atoms with Gasteiger partial charge in [-0.05, 0) is 49.5 Å². The molecule has 0 saturated heterocycles.